The summed E-state index contributed by atoms with van der Waals surface area (Å²) in [6.45, 7) is 0.624. The van der Waals surface area contributed by atoms with Gasteiger partial charge in [0.2, 0.25) is 0 Å². The molecule has 1 aliphatic carbocycles. The van der Waals surface area contributed by atoms with Crippen molar-refractivity contribution in [3.05, 3.63) is 64.1 Å². The van der Waals surface area contributed by atoms with Gasteiger partial charge in [0.1, 0.15) is 0 Å². The van der Waals surface area contributed by atoms with Crippen molar-refractivity contribution in [1.82, 2.24) is 0 Å². The zero-order valence-electron chi connectivity index (χ0n) is 12.2. The lowest BCUT2D eigenvalue weighted by atomic mass is 9.76. The number of halogens is 1. The zero-order chi connectivity index (χ0) is 14.7. The van der Waals surface area contributed by atoms with E-state index in [9.17, 15) is 0 Å². The van der Waals surface area contributed by atoms with Crippen molar-refractivity contribution in [3.63, 3.8) is 0 Å². The molecule has 1 aliphatic rings. The number of benzene rings is 2. The second kappa shape index (κ2) is 6.63. The third-order valence-electron chi connectivity index (χ3n) is 4.18. The van der Waals surface area contributed by atoms with Crippen LogP contribution in [0.4, 0.5) is 5.69 Å². The molecule has 110 valence electrons. The molecule has 0 unspecified atom stereocenters. The van der Waals surface area contributed by atoms with Crippen LogP contribution in [0.3, 0.4) is 0 Å². The van der Waals surface area contributed by atoms with Gasteiger partial charge in [-0.1, -0.05) is 52.3 Å². The fraction of sp³-hybridized carbons (Fsp3) is 0.333. The number of methoxy groups -OCH3 is 1. The molecule has 0 heterocycles. The second-order valence-electron chi connectivity index (χ2n) is 5.62. The van der Waals surface area contributed by atoms with Gasteiger partial charge >= 0.3 is 0 Å². The van der Waals surface area contributed by atoms with Gasteiger partial charge in [-0.05, 0) is 36.5 Å². The Morgan fingerprint density at radius 2 is 1.86 bits per heavy atom. The van der Waals surface area contributed by atoms with Crippen molar-refractivity contribution in [2.24, 2.45) is 0 Å². The standard InChI is InChI=1S/C18H20BrNO/c1-21-12-16-17(19)8-5-9-18(16)20-15-10-14(11-15)13-6-3-2-4-7-13/h2-9,14-15,20H,10-12H2,1H3. The first-order chi connectivity index (χ1) is 10.3. The Bertz CT molecular complexity index is 593. The monoisotopic (exact) mass is 345 g/mol. The van der Waals surface area contributed by atoms with Crippen LogP contribution in [0.25, 0.3) is 0 Å². The van der Waals surface area contributed by atoms with Crippen LogP contribution in [0.15, 0.2) is 53.0 Å². The summed E-state index contributed by atoms with van der Waals surface area (Å²) in [5, 5.41) is 3.66. The summed E-state index contributed by atoms with van der Waals surface area (Å²) in [6, 6.07) is 17.6. The molecule has 2 aromatic carbocycles. The lowest BCUT2D eigenvalue weighted by molar-refractivity contribution is 0.184. The summed E-state index contributed by atoms with van der Waals surface area (Å²) >= 11 is 3.61. The summed E-state index contributed by atoms with van der Waals surface area (Å²) in [5.74, 6) is 0.696. The molecule has 0 bridgehead atoms. The van der Waals surface area contributed by atoms with Crippen LogP contribution >= 0.6 is 15.9 Å². The highest BCUT2D eigenvalue weighted by atomic mass is 79.9. The summed E-state index contributed by atoms with van der Waals surface area (Å²) in [6.07, 6.45) is 2.39. The van der Waals surface area contributed by atoms with Gasteiger partial charge in [-0.25, -0.2) is 0 Å². The second-order valence-corrected chi connectivity index (χ2v) is 6.47. The van der Waals surface area contributed by atoms with E-state index in [2.05, 4.69) is 69.8 Å². The number of anilines is 1. The van der Waals surface area contributed by atoms with E-state index in [0.717, 1.165) is 4.47 Å². The summed E-state index contributed by atoms with van der Waals surface area (Å²) in [7, 11) is 1.73. The third-order valence-corrected chi connectivity index (χ3v) is 4.92. The van der Waals surface area contributed by atoms with Gasteiger partial charge in [0.25, 0.3) is 0 Å². The lowest BCUT2D eigenvalue weighted by Crippen LogP contribution is -2.34. The van der Waals surface area contributed by atoms with Gasteiger partial charge in [0.05, 0.1) is 6.61 Å². The molecule has 0 aliphatic heterocycles. The molecule has 0 saturated heterocycles. The Labute approximate surface area is 134 Å². The summed E-state index contributed by atoms with van der Waals surface area (Å²) in [5.41, 5.74) is 3.84. The maximum Gasteiger partial charge on any atom is 0.0744 e. The SMILES string of the molecule is COCc1c(Br)cccc1NC1CC(c2ccccc2)C1. The fourth-order valence-electron chi connectivity index (χ4n) is 2.94. The Morgan fingerprint density at radius 1 is 1.10 bits per heavy atom. The Kier molecular flexibility index (Phi) is 4.61. The van der Waals surface area contributed by atoms with Gasteiger partial charge in [-0.3, -0.25) is 0 Å². The van der Waals surface area contributed by atoms with Gasteiger partial charge < -0.3 is 10.1 Å². The molecule has 1 N–H and O–H groups in total. The molecule has 1 saturated carbocycles. The Hall–Kier alpha value is -1.32. The van der Waals surface area contributed by atoms with Crippen LogP contribution in [-0.2, 0) is 11.3 Å². The largest absolute Gasteiger partial charge is 0.382 e. The molecule has 2 nitrogen and oxygen atoms in total. The number of hydrogen-bond acceptors (Lipinski definition) is 2. The number of rotatable bonds is 5. The molecule has 0 amide bonds. The minimum Gasteiger partial charge on any atom is -0.382 e. The first-order valence-corrected chi connectivity index (χ1v) is 8.15. The molecular weight excluding hydrogens is 326 g/mol. The molecule has 0 atom stereocenters. The minimum absolute atomic E-state index is 0.556. The highest BCUT2D eigenvalue weighted by molar-refractivity contribution is 9.10. The van der Waals surface area contributed by atoms with E-state index < -0.39 is 0 Å². The van der Waals surface area contributed by atoms with Crippen LogP contribution in [0.2, 0.25) is 0 Å². The highest BCUT2D eigenvalue weighted by Crippen LogP contribution is 2.39. The first-order valence-electron chi connectivity index (χ1n) is 7.35. The van der Waals surface area contributed by atoms with Crippen molar-refractivity contribution in [2.75, 3.05) is 12.4 Å². The fourth-order valence-corrected chi connectivity index (χ4v) is 3.42. The number of nitrogens with one attached hydrogen (secondary N) is 1. The van der Waals surface area contributed by atoms with Crippen LogP contribution in [0.5, 0.6) is 0 Å². The average Bonchev–Trinajstić information content (AvgIpc) is 2.46. The predicted octanol–water partition coefficient (Wildman–Crippen LogP) is 4.95. The molecule has 0 radical (unpaired) electrons. The smallest absolute Gasteiger partial charge is 0.0744 e. The third kappa shape index (κ3) is 3.30. The quantitative estimate of drug-likeness (QED) is 0.827. The van der Waals surface area contributed by atoms with Gasteiger partial charge in [-0.15, -0.1) is 0 Å². The van der Waals surface area contributed by atoms with E-state index in [1.807, 2.05) is 0 Å². The van der Waals surface area contributed by atoms with E-state index in [1.165, 1.54) is 29.7 Å². The first kappa shape index (κ1) is 14.6. The van der Waals surface area contributed by atoms with E-state index in [0.29, 0.717) is 18.6 Å². The maximum atomic E-state index is 5.30. The van der Waals surface area contributed by atoms with Crippen molar-refractivity contribution in [1.29, 1.82) is 0 Å². The Morgan fingerprint density at radius 3 is 2.57 bits per heavy atom. The van der Waals surface area contributed by atoms with Crippen LogP contribution in [0, 0.1) is 0 Å². The molecule has 3 heteroatoms. The molecule has 3 rings (SSSR count). The maximum absolute atomic E-state index is 5.30. The lowest BCUT2D eigenvalue weighted by Gasteiger charge is -2.37. The van der Waals surface area contributed by atoms with Crippen molar-refractivity contribution >= 4 is 21.6 Å². The van der Waals surface area contributed by atoms with Crippen LogP contribution < -0.4 is 5.32 Å². The minimum atomic E-state index is 0.556. The average molecular weight is 346 g/mol. The summed E-state index contributed by atoms with van der Waals surface area (Å²) in [4.78, 5) is 0. The summed E-state index contributed by atoms with van der Waals surface area (Å²) < 4.78 is 6.41. The molecule has 2 aromatic rings. The number of ether oxygens (including phenoxy) is 1. The van der Waals surface area contributed by atoms with E-state index >= 15 is 0 Å². The molecule has 21 heavy (non-hydrogen) atoms. The van der Waals surface area contributed by atoms with Crippen molar-refractivity contribution < 1.29 is 4.74 Å². The molecular formula is C18H20BrNO. The van der Waals surface area contributed by atoms with E-state index in [-0.39, 0.29) is 0 Å². The Balaban J connectivity index is 1.63. The zero-order valence-corrected chi connectivity index (χ0v) is 13.8. The van der Waals surface area contributed by atoms with Crippen molar-refractivity contribution in [2.45, 2.75) is 31.4 Å². The molecule has 0 spiro atoms. The van der Waals surface area contributed by atoms with Gasteiger partial charge in [-0.2, -0.15) is 0 Å². The normalized spacial score (nSPS) is 20.9. The van der Waals surface area contributed by atoms with Gasteiger partial charge in [0, 0.05) is 28.9 Å². The number of hydrogen-bond donors (Lipinski definition) is 1. The topological polar surface area (TPSA) is 21.3 Å². The molecule has 1 fully saturated rings. The highest BCUT2D eigenvalue weighted by Gasteiger charge is 2.30. The predicted molar refractivity (Wildman–Crippen MR) is 90.7 cm³/mol. The van der Waals surface area contributed by atoms with Gasteiger partial charge in [0.15, 0.2) is 0 Å². The van der Waals surface area contributed by atoms with Crippen LogP contribution in [-0.4, -0.2) is 13.2 Å². The van der Waals surface area contributed by atoms with Crippen molar-refractivity contribution in [3.8, 4) is 0 Å². The van der Waals surface area contributed by atoms with E-state index in [4.69, 9.17) is 4.74 Å². The van der Waals surface area contributed by atoms with E-state index in [1.54, 1.807) is 7.11 Å². The van der Waals surface area contributed by atoms with Crippen LogP contribution in [0.1, 0.15) is 29.9 Å². The molecule has 0 aromatic heterocycles.